The van der Waals surface area contributed by atoms with Gasteiger partial charge in [0.2, 0.25) is 5.91 Å². The number of pyridine rings is 1. The van der Waals surface area contributed by atoms with Crippen LogP contribution in [0.4, 0.5) is 11.5 Å². The Hall–Kier alpha value is -4.20. The number of methoxy groups -OCH3 is 1. The Morgan fingerprint density at radius 2 is 1.52 bits per heavy atom. The van der Waals surface area contributed by atoms with Gasteiger partial charge in [0.25, 0.3) is 11.8 Å². The van der Waals surface area contributed by atoms with E-state index in [4.69, 9.17) is 10.5 Å². The molecule has 4 N–H and O–H groups in total. The van der Waals surface area contributed by atoms with Crippen LogP contribution in [-0.2, 0) is 0 Å². The van der Waals surface area contributed by atoms with Crippen molar-refractivity contribution in [3.8, 4) is 5.75 Å². The zero-order valence-corrected chi connectivity index (χ0v) is 15.5. The summed E-state index contributed by atoms with van der Waals surface area (Å²) in [7, 11) is 1.52. The number of nitrogens with two attached hydrogens (primary N) is 1. The van der Waals surface area contributed by atoms with Gasteiger partial charge in [-0.2, -0.15) is 0 Å². The number of carbonyl (C=O) groups is 3. The van der Waals surface area contributed by atoms with E-state index in [1.807, 2.05) is 0 Å². The molecule has 8 nitrogen and oxygen atoms in total. The van der Waals surface area contributed by atoms with Crippen molar-refractivity contribution in [1.82, 2.24) is 4.98 Å². The van der Waals surface area contributed by atoms with Crippen LogP contribution in [0.3, 0.4) is 0 Å². The van der Waals surface area contributed by atoms with Crippen LogP contribution in [0, 0.1) is 0 Å². The largest absolute Gasteiger partial charge is 0.497 e. The molecular weight excluding hydrogens is 372 g/mol. The molecule has 3 amide bonds. The highest BCUT2D eigenvalue weighted by Crippen LogP contribution is 2.16. The van der Waals surface area contributed by atoms with Crippen LogP contribution in [0.2, 0.25) is 0 Å². The van der Waals surface area contributed by atoms with Gasteiger partial charge >= 0.3 is 0 Å². The van der Waals surface area contributed by atoms with Gasteiger partial charge < -0.3 is 21.1 Å². The molecule has 0 aliphatic rings. The van der Waals surface area contributed by atoms with Gasteiger partial charge in [-0.15, -0.1) is 0 Å². The fourth-order valence-electron chi connectivity index (χ4n) is 2.51. The van der Waals surface area contributed by atoms with Crippen LogP contribution >= 0.6 is 0 Å². The van der Waals surface area contributed by atoms with E-state index in [1.165, 1.54) is 25.4 Å². The zero-order chi connectivity index (χ0) is 20.8. The van der Waals surface area contributed by atoms with Crippen molar-refractivity contribution in [2.45, 2.75) is 0 Å². The van der Waals surface area contributed by atoms with Crippen LogP contribution in [0.25, 0.3) is 0 Å². The summed E-state index contributed by atoms with van der Waals surface area (Å²) in [6.45, 7) is 0. The number of ether oxygens (including phenoxy) is 1. The highest BCUT2D eigenvalue weighted by Gasteiger charge is 2.11. The molecule has 1 aromatic heterocycles. The zero-order valence-electron chi connectivity index (χ0n) is 15.5. The topological polar surface area (TPSA) is 123 Å². The van der Waals surface area contributed by atoms with Gasteiger partial charge in [-0.05, 0) is 48.5 Å². The molecule has 0 saturated heterocycles. The summed E-state index contributed by atoms with van der Waals surface area (Å²) in [5, 5.41) is 5.34. The molecule has 0 spiro atoms. The number of aromatic nitrogens is 1. The first-order valence-corrected chi connectivity index (χ1v) is 8.59. The first kappa shape index (κ1) is 19.6. The number of nitrogens with zero attached hydrogens (tertiary/aromatic N) is 1. The number of hydrogen-bond donors (Lipinski definition) is 3. The first-order valence-electron chi connectivity index (χ1n) is 8.59. The summed E-state index contributed by atoms with van der Waals surface area (Å²) in [5.41, 5.74) is 6.62. The van der Waals surface area contributed by atoms with Crippen molar-refractivity contribution in [2.75, 3.05) is 17.7 Å². The van der Waals surface area contributed by atoms with Gasteiger partial charge in [0, 0.05) is 16.7 Å². The summed E-state index contributed by atoms with van der Waals surface area (Å²) >= 11 is 0. The van der Waals surface area contributed by atoms with Gasteiger partial charge in [0.05, 0.1) is 19.0 Å². The normalized spacial score (nSPS) is 10.1. The minimum atomic E-state index is -0.613. The lowest BCUT2D eigenvalue weighted by atomic mass is 10.1. The molecule has 0 unspecified atom stereocenters. The lowest BCUT2D eigenvalue weighted by molar-refractivity contribution is 0.0997. The van der Waals surface area contributed by atoms with Gasteiger partial charge in [0.1, 0.15) is 11.6 Å². The fraction of sp³-hybridized carbons (Fsp3) is 0.0476. The van der Waals surface area contributed by atoms with Crippen molar-refractivity contribution in [1.29, 1.82) is 0 Å². The lowest BCUT2D eigenvalue weighted by Crippen LogP contribution is -2.16. The predicted molar refractivity (Wildman–Crippen MR) is 108 cm³/mol. The quantitative estimate of drug-likeness (QED) is 0.597. The maximum Gasteiger partial charge on any atom is 0.256 e. The molecule has 0 aliphatic carbocycles. The summed E-state index contributed by atoms with van der Waals surface area (Å²) in [4.78, 5) is 40.0. The fourth-order valence-corrected chi connectivity index (χ4v) is 2.51. The molecule has 0 fully saturated rings. The maximum absolute atomic E-state index is 12.3. The standard InChI is InChI=1S/C21H18N4O4/c1-29-17-7-3-6-15(11-17)21(28)25-18-9-8-16(12-23-18)24-20(27)14-5-2-4-13(10-14)19(22)26/h2-12H,1H3,(H2,22,26)(H,24,27)(H,23,25,28). The Kier molecular flexibility index (Phi) is 5.84. The number of hydrogen-bond acceptors (Lipinski definition) is 5. The SMILES string of the molecule is COc1cccc(C(=O)Nc2ccc(NC(=O)c3cccc(C(N)=O)c3)cn2)c1. The van der Waals surface area contributed by atoms with E-state index in [0.29, 0.717) is 22.8 Å². The number of primary amides is 1. The van der Waals surface area contributed by atoms with Gasteiger partial charge in [0.15, 0.2) is 0 Å². The van der Waals surface area contributed by atoms with E-state index in [9.17, 15) is 14.4 Å². The van der Waals surface area contributed by atoms with E-state index in [0.717, 1.165) is 0 Å². The van der Waals surface area contributed by atoms with Crippen molar-refractivity contribution < 1.29 is 19.1 Å². The minimum absolute atomic E-state index is 0.242. The monoisotopic (exact) mass is 390 g/mol. The summed E-state index contributed by atoms with van der Waals surface area (Å²) in [5.74, 6) is -0.465. The minimum Gasteiger partial charge on any atom is -0.497 e. The third-order valence-electron chi connectivity index (χ3n) is 4.00. The smallest absolute Gasteiger partial charge is 0.256 e. The van der Waals surface area contributed by atoms with E-state index in [1.54, 1.807) is 48.5 Å². The number of rotatable bonds is 6. The van der Waals surface area contributed by atoms with Crippen molar-refractivity contribution >= 4 is 29.2 Å². The third kappa shape index (κ3) is 4.95. The number of anilines is 2. The van der Waals surface area contributed by atoms with Gasteiger partial charge in [-0.25, -0.2) is 4.98 Å². The third-order valence-corrected chi connectivity index (χ3v) is 4.00. The van der Waals surface area contributed by atoms with Gasteiger partial charge in [-0.3, -0.25) is 14.4 Å². The second-order valence-corrected chi connectivity index (χ2v) is 6.02. The molecule has 0 atom stereocenters. The number of benzene rings is 2. The van der Waals surface area contributed by atoms with Crippen LogP contribution in [0.1, 0.15) is 31.1 Å². The number of amides is 3. The molecule has 1 heterocycles. The van der Waals surface area contributed by atoms with E-state index >= 15 is 0 Å². The lowest BCUT2D eigenvalue weighted by Gasteiger charge is -2.08. The van der Waals surface area contributed by atoms with Crippen molar-refractivity contribution in [3.63, 3.8) is 0 Å². The molecule has 3 aromatic rings. The molecule has 0 aliphatic heterocycles. The Morgan fingerprint density at radius 3 is 2.17 bits per heavy atom. The Bertz CT molecular complexity index is 1060. The van der Waals surface area contributed by atoms with Crippen molar-refractivity contribution in [3.05, 3.63) is 83.6 Å². The molecule has 3 rings (SSSR count). The van der Waals surface area contributed by atoms with Crippen LogP contribution < -0.4 is 21.1 Å². The van der Waals surface area contributed by atoms with Crippen LogP contribution in [0.5, 0.6) is 5.75 Å². The Labute approximate surface area is 166 Å². The highest BCUT2D eigenvalue weighted by atomic mass is 16.5. The second-order valence-electron chi connectivity index (χ2n) is 6.02. The second kappa shape index (κ2) is 8.66. The molecule has 2 aromatic carbocycles. The van der Waals surface area contributed by atoms with Gasteiger partial charge in [-0.1, -0.05) is 12.1 Å². The molecule has 146 valence electrons. The molecule has 0 bridgehead atoms. The Morgan fingerprint density at radius 1 is 0.862 bits per heavy atom. The molecule has 0 saturated carbocycles. The molecule has 8 heteroatoms. The summed E-state index contributed by atoms with van der Waals surface area (Å²) < 4.78 is 5.10. The highest BCUT2D eigenvalue weighted by molar-refractivity contribution is 6.06. The Balaban J connectivity index is 1.65. The maximum atomic E-state index is 12.3. The summed E-state index contributed by atoms with van der Waals surface area (Å²) in [6.07, 6.45) is 1.41. The number of nitrogens with one attached hydrogen (secondary N) is 2. The molecular formula is C21H18N4O4. The average Bonchev–Trinajstić information content (AvgIpc) is 2.75. The van der Waals surface area contributed by atoms with E-state index in [2.05, 4.69) is 15.6 Å². The molecule has 29 heavy (non-hydrogen) atoms. The number of carbonyl (C=O) groups excluding carboxylic acids is 3. The predicted octanol–water partition coefficient (Wildman–Crippen LogP) is 2.69. The first-order chi connectivity index (χ1) is 14.0. The van der Waals surface area contributed by atoms with E-state index in [-0.39, 0.29) is 17.0 Å². The summed E-state index contributed by atoms with van der Waals surface area (Å²) in [6, 6.07) is 16.0. The van der Waals surface area contributed by atoms with E-state index < -0.39 is 11.8 Å². The van der Waals surface area contributed by atoms with Crippen LogP contribution in [0.15, 0.2) is 66.9 Å². The van der Waals surface area contributed by atoms with Crippen LogP contribution in [-0.4, -0.2) is 29.8 Å². The molecule has 0 radical (unpaired) electrons. The van der Waals surface area contributed by atoms with Crippen molar-refractivity contribution in [2.24, 2.45) is 5.73 Å². The average molecular weight is 390 g/mol.